The fourth-order valence-electron chi connectivity index (χ4n) is 2.84. The minimum absolute atomic E-state index is 0.0377. The third-order valence-corrected chi connectivity index (χ3v) is 5.56. The quantitative estimate of drug-likeness (QED) is 0.845. The van der Waals surface area contributed by atoms with E-state index in [-0.39, 0.29) is 40.5 Å². The van der Waals surface area contributed by atoms with E-state index in [0.717, 1.165) is 18.2 Å². The van der Waals surface area contributed by atoms with Crippen molar-refractivity contribution in [3.63, 3.8) is 0 Å². The Morgan fingerprint density at radius 2 is 1.96 bits per heavy atom. The molecule has 9 heteroatoms. The van der Waals surface area contributed by atoms with Gasteiger partial charge in [0, 0.05) is 16.7 Å². The number of halogens is 4. The lowest BCUT2D eigenvalue weighted by molar-refractivity contribution is 0.177. The maximum Gasteiger partial charge on any atom is 0.341 e. The highest BCUT2D eigenvalue weighted by Crippen LogP contribution is 2.43. The summed E-state index contributed by atoms with van der Waals surface area (Å²) >= 11 is 5.75. The van der Waals surface area contributed by atoms with Gasteiger partial charge in [-0.2, -0.15) is 8.78 Å². The first kappa shape index (κ1) is 18.0. The minimum Gasteiger partial charge on any atom is -0.457 e. The van der Waals surface area contributed by atoms with Gasteiger partial charge < -0.3 is 9.84 Å². The van der Waals surface area contributed by atoms with Gasteiger partial charge in [0.25, 0.3) is 0 Å². The van der Waals surface area contributed by atoms with E-state index in [1.54, 1.807) is 0 Å². The maximum atomic E-state index is 13.4. The Morgan fingerprint density at radius 1 is 1.24 bits per heavy atom. The number of alkyl halides is 2. The van der Waals surface area contributed by atoms with Crippen molar-refractivity contribution < 1.29 is 31.4 Å². The molecule has 25 heavy (non-hydrogen) atoms. The normalized spacial score (nSPS) is 17.0. The van der Waals surface area contributed by atoms with Crippen molar-refractivity contribution in [3.8, 4) is 11.5 Å². The van der Waals surface area contributed by atoms with Crippen molar-refractivity contribution in [1.82, 2.24) is 0 Å². The van der Waals surface area contributed by atoms with Crippen LogP contribution in [-0.4, -0.2) is 19.3 Å². The van der Waals surface area contributed by atoms with Crippen LogP contribution in [-0.2, 0) is 16.3 Å². The first-order valence-corrected chi connectivity index (χ1v) is 9.12. The molecule has 4 nitrogen and oxygen atoms in total. The Hall–Kier alpha value is -1.77. The molecule has 0 radical (unpaired) electrons. The zero-order valence-electron chi connectivity index (χ0n) is 12.5. The van der Waals surface area contributed by atoms with Crippen LogP contribution in [0.4, 0.5) is 13.2 Å². The van der Waals surface area contributed by atoms with Crippen molar-refractivity contribution in [2.75, 3.05) is 0 Å². The summed E-state index contributed by atoms with van der Waals surface area (Å²) in [6.45, 7) is 0. The van der Waals surface area contributed by atoms with Crippen LogP contribution < -0.4 is 4.74 Å². The lowest BCUT2D eigenvalue weighted by atomic mass is 10.1. The molecule has 1 aliphatic rings. The minimum atomic E-state index is -4.81. The van der Waals surface area contributed by atoms with Crippen molar-refractivity contribution in [2.45, 2.75) is 29.6 Å². The van der Waals surface area contributed by atoms with Gasteiger partial charge in [-0.25, -0.2) is 12.8 Å². The number of benzene rings is 2. The molecule has 2 aromatic carbocycles. The number of rotatable bonds is 4. The molecule has 1 atom stereocenters. The lowest BCUT2D eigenvalue weighted by Crippen LogP contribution is -2.14. The highest BCUT2D eigenvalue weighted by Gasteiger charge is 2.35. The Kier molecular flexibility index (Phi) is 4.70. The average molecular weight is 393 g/mol. The van der Waals surface area contributed by atoms with E-state index in [9.17, 15) is 26.7 Å². The van der Waals surface area contributed by atoms with Crippen molar-refractivity contribution in [1.29, 1.82) is 0 Å². The van der Waals surface area contributed by atoms with Crippen LogP contribution in [0.3, 0.4) is 0 Å². The molecule has 0 aromatic heterocycles. The molecule has 0 spiro atoms. The zero-order chi connectivity index (χ0) is 18.4. The van der Waals surface area contributed by atoms with E-state index in [4.69, 9.17) is 16.3 Å². The number of aliphatic hydroxyl groups is 1. The number of hydrogen-bond donors (Lipinski definition) is 1. The molecule has 0 fully saturated rings. The topological polar surface area (TPSA) is 63.6 Å². The Balaban J connectivity index is 2.10. The molecule has 134 valence electrons. The number of fused-ring (bicyclic) bond motifs is 1. The summed E-state index contributed by atoms with van der Waals surface area (Å²) < 4.78 is 68.3. The van der Waals surface area contributed by atoms with Crippen LogP contribution >= 0.6 is 11.6 Å². The monoisotopic (exact) mass is 392 g/mol. The molecule has 0 amide bonds. The van der Waals surface area contributed by atoms with Crippen molar-refractivity contribution in [3.05, 3.63) is 52.3 Å². The lowest BCUT2D eigenvalue weighted by Gasteiger charge is -2.16. The SMILES string of the molecule is O=S(=O)(c1ccc(Oc2cc(F)cc(Cl)c2)c2c1CCC2O)C(F)F. The summed E-state index contributed by atoms with van der Waals surface area (Å²) in [5.74, 6) is -4.11. The number of ether oxygens (including phenoxy) is 1. The summed E-state index contributed by atoms with van der Waals surface area (Å²) in [7, 11) is -4.81. The zero-order valence-corrected chi connectivity index (χ0v) is 14.1. The van der Waals surface area contributed by atoms with Gasteiger partial charge in [-0.3, -0.25) is 0 Å². The fraction of sp³-hybridized carbons (Fsp3) is 0.250. The largest absolute Gasteiger partial charge is 0.457 e. The number of hydrogen-bond acceptors (Lipinski definition) is 4. The molecule has 0 aliphatic heterocycles. The molecule has 1 unspecified atom stereocenters. The molecule has 0 bridgehead atoms. The second kappa shape index (κ2) is 6.51. The number of sulfone groups is 1. The van der Waals surface area contributed by atoms with E-state index >= 15 is 0 Å². The third kappa shape index (κ3) is 3.33. The van der Waals surface area contributed by atoms with Crippen LogP contribution in [0.25, 0.3) is 0 Å². The van der Waals surface area contributed by atoms with E-state index < -0.39 is 32.4 Å². The van der Waals surface area contributed by atoms with Gasteiger partial charge in [-0.05, 0) is 42.7 Å². The van der Waals surface area contributed by atoms with E-state index in [0.29, 0.717) is 0 Å². The van der Waals surface area contributed by atoms with Crippen LogP contribution in [0.15, 0.2) is 35.2 Å². The van der Waals surface area contributed by atoms with Crippen molar-refractivity contribution >= 4 is 21.4 Å². The van der Waals surface area contributed by atoms with Gasteiger partial charge in [0.2, 0.25) is 9.84 Å². The average Bonchev–Trinajstić information content (AvgIpc) is 2.88. The standard InChI is InChI=1S/C16H12ClF3O4S/c17-8-5-9(18)7-10(6-8)24-13-3-4-14(25(22,23)16(19)20)11-1-2-12(21)15(11)13/h3-7,12,16,21H,1-2H2. The molecule has 0 saturated carbocycles. The molecule has 1 N–H and O–H groups in total. The third-order valence-electron chi connectivity index (χ3n) is 3.88. The second-order valence-corrected chi connectivity index (χ2v) is 7.84. The summed E-state index contributed by atoms with van der Waals surface area (Å²) in [6.07, 6.45) is -0.786. The Bertz CT molecular complexity index is 911. The molecular weight excluding hydrogens is 381 g/mol. The van der Waals surface area contributed by atoms with Gasteiger partial charge in [-0.15, -0.1) is 0 Å². The highest BCUT2D eigenvalue weighted by molar-refractivity contribution is 7.91. The van der Waals surface area contributed by atoms with Crippen LogP contribution in [0, 0.1) is 5.82 Å². The predicted octanol–water partition coefficient (Wildman–Crippen LogP) is 4.25. The fourth-order valence-corrected chi connectivity index (χ4v) is 4.05. The first-order chi connectivity index (χ1) is 11.7. The van der Waals surface area contributed by atoms with Crippen LogP contribution in [0.1, 0.15) is 23.7 Å². The predicted molar refractivity (Wildman–Crippen MR) is 84.4 cm³/mol. The molecule has 0 heterocycles. The van der Waals surface area contributed by atoms with Gasteiger partial charge in [0.1, 0.15) is 17.3 Å². The number of aliphatic hydroxyl groups excluding tert-OH is 1. The van der Waals surface area contributed by atoms with E-state index in [1.165, 1.54) is 12.1 Å². The summed E-state index contributed by atoms with van der Waals surface area (Å²) in [5, 5.41) is 10.2. The molecule has 0 saturated heterocycles. The van der Waals surface area contributed by atoms with E-state index in [2.05, 4.69) is 0 Å². The second-order valence-electron chi connectivity index (χ2n) is 5.52. The van der Waals surface area contributed by atoms with Crippen molar-refractivity contribution in [2.24, 2.45) is 0 Å². The van der Waals surface area contributed by atoms with Crippen LogP contribution in [0.2, 0.25) is 5.02 Å². The maximum absolute atomic E-state index is 13.4. The van der Waals surface area contributed by atoms with Crippen LogP contribution in [0.5, 0.6) is 11.5 Å². The Labute approximate surface area is 146 Å². The van der Waals surface area contributed by atoms with E-state index in [1.807, 2.05) is 0 Å². The smallest absolute Gasteiger partial charge is 0.341 e. The molecule has 1 aliphatic carbocycles. The summed E-state index contributed by atoms with van der Waals surface area (Å²) in [5.41, 5.74) is 0.204. The van der Waals surface area contributed by atoms with Gasteiger partial charge in [0.15, 0.2) is 0 Å². The highest BCUT2D eigenvalue weighted by atomic mass is 35.5. The molecule has 3 rings (SSSR count). The molecule has 2 aromatic rings. The molecular formula is C16H12ClF3O4S. The summed E-state index contributed by atoms with van der Waals surface area (Å²) in [6, 6.07) is 5.65. The first-order valence-electron chi connectivity index (χ1n) is 7.20. The Morgan fingerprint density at radius 3 is 2.60 bits per heavy atom. The summed E-state index contributed by atoms with van der Waals surface area (Å²) in [4.78, 5) is -0.529. The van der Waals surface area contributed by atoms with Gasteiger partial charge >= 0.3 is 5.76 Å². The van der Waals surface area contributed by atoms with Gasteiger partial charge in [-0.1, -0.05) is 11.6 Å². The van der Waals surface area contributed by atoms with Gasteiger partial charge in [0.05, 0.1) is 11.0 Å².